The maximum absolute atomic E-state index is 13.7. The summed E-state index contributed by atoms with van der Waals surface area (Å²) < 4.78 is 13.7. The first-order chi connectivity index (χ1) is 8.65. The van der Waals surface area contributed by atoms with Gasteiger partial charge in [0.1, 0.15) is 5.15 Å². The number of aromatic amines is 1. The largest absolute Gasteiger partial charge is 0.358 e. The normalized spacial score (nSPS) is 14.2. The lowest BCUT2D eigenvalue weighted by Crippen LogP contribution is -2.31. The number of hydrogen-bond acceptors (Lipinski definition) is 2. The van der Waals surface area contributed by atoms with Gasteiger partial charge in [0.25, 0.3) is 5.91 Å². The van der Waals surface area contributed by atoms with Crippen molar-refractivity contribution in [2.45, 2.75) is 6.42 Å². The van der Waals surface area contributed by atoms with Crippen LogP contribution in [0.1, 0.15) is 16.1 Å². The van der Waals surface area contributed by atoms with Crippen molar-refractivity contribution in [1.29, 1.82) is 0 Å². The highest BCUT2D eigenvalue weighted by Crippen LogP contribution is 2.27. The molecule has 2 aromatic heterocycles. The number of fused-ring (bicyclic) bond motifs is 1. The molecule has 1 aliphatic rings. The number of carbonyl (C=O) groups is 1. The van der Waals surface area contributed by atoms with Crippen molar-refractivity contribution in [2.24, 2.45) is 0 Å². The SMILES string of the molecule is O=C1NCCc2[nH]c(-c3cc(Cl)ncc3F)cc21. The van der Waals surface area contributed by atoms with E-state index in [9.17, 15) is 9.18 Å². The Hall–Kier alpha value is -1.88. The maximum atomic E-state index is 13.7. The number of rotatable bonds is 1. The molecule has 4 nitrogen and oxygen atoms in total. The van der Waals surface area contributed by atoms with Crippen molar-refractivity contribution in [1.82, 2.24) is 15.3 Å². The number of pyridine rings is 1. The first kappa shape index (κ1) is 11.2. The molecule has 2 N–H and O–H groups in total. The molecule has 3 heterocycles. The van der Waals surface area contributed by atoms with Gasteiger partial charge in [-0.05, 0) is 12.1 Å². The summed E-state index contributed by atoms with van der Waals surface area (Å²) in [6.07, 6.45) is 1.78. The summed E-state index contributed by atoms with van der Waals surface area (Å²) in [5.74, 6) is -0.613. The Morgan fingerprint density at radius 3 is 2.94 bits per heavy atom. The molecule has 0 spiro atoms. The van der Waals surface area contributed by atoms with Crippen molar-refractivity contribution in [3.8, 4) is 11.3 Å². The van der Waals surface area contributed by atoms with Crippen LogP contribution in [-0.2, 0) is 6.42 Å². The molecule has 6 heteroatoms. The third-order valence-corrected chi connectivity index (χ3v) is 3.12. The van der Waals surface area contributed by atoms with E-state index in [1.54, 1.807) is 6.07 Å². The number of halogens is 2. The highest BCUT2D eigenvalue weighted by Gasteiger charge is 2.21. The second kappa shape index (κ2) is 4.10. The standard InChI is InChI=1S/C12H9ClFN3O/c13-11-4-6(8(14)5-16-11)10-3-7-9(17-10)1-2-15-12(7)18/h3-5,17H,1-2H2,(H,15,18). The van der Waals surface area contributed by atoms with Crippen LogP contribution in [0.25, 0.3) is 11.3 Å². The number of aromatic nitrogens is 2. The van der Waals surface area contributed by atoms with E-state index in [1.807, 2.05) is 0 Å². The highest BCUT2D eigenvalue weighted by molar-refractivity contribution is 6.29. The lowest BCUT2D eigenvalue weighted by molar-refractivity contribution is 0.0946. The van der Waals surface area contributed by atoms with Crippen molar-refractivity contribution < 1.29 is 9.18 Å². The Balaban J connectivity index is 2.13. The lowest BCUT2D eigenvalue weighted by Gasteiger charge is -2.10. The number of amides is 1. The predicted octanol–water partition coefficient (Wildman–Crippen LogP) is 2.16. The summed E-state index contributed by atoms with van der Waals surface area (Å²) in [6, 6.07) is 3.07. The molecule has 0 aromatic carbocycles. The van der Waals surface area contributed by atoms with Gasteiger partial charge in [-0.25, -0.2) is 9.37 Å². The van der Waals surface area contributed by atoms with Crippen LogP contribution in [0.15, 0.2) is 18.3 Å². The molecule has 0 atom stereocenters. The number of nitrogens with one attached hydrogen (secondary N) is 2. The Bertz CT molecular complexity index is 638. The van der Waals surface area contributed by atoms with E-state index in [4.69, 9.17) is 11.6 Å². The summed E-state index contributed by atoms with van der Waals surface area (Å²) in [4.78, 5) is 18.3. The van der Waals surface area contributed by atoms with E-state index >= 15 is 0 Å². The van der Waals surface area contributed by atoms with E-state index in [1.165, 1.54) is 6.07 Å². The van der Waals surface area contributed by atoms with Gasteiger partial charge in [0.2, 0.25) is 0 Å². The number of nitrogens with zero attached hydrogens (tertiary/aromatic N) is 1. The summed E-state index contributed by atoms with van der Waals surface area (Å²) >= 11 is 5.75. The molecular formula is C12H9ClFN3O. The van der Waals surface area contributed by atoms with E-state index in [0.29, 0.717) is 29.8 Å². The second-order valence-corrected chi connectivity index (χ2v) is 4.46. The van der Waals surface area contributed by atoms with Crippen LogP contribution in [0.2, 0.25) is 5.15 Å². The number of H-pyrrole nitrogens is 1. The highest BCUT2D eigenvalue weighted by atomic mass is 35.5. The Morgan fingerprint density at radius 1 is 1.33 bits per heavy atom. The Labute approximate surface area is 107 Å². The van der Waals surface area contributed by atoms with Crippen LogP contribution in [-0.4, -0.2) is 22.4 Å². The molecule has 0 bridgehead atoms. The zero-order valence-corrected chi connectivity index (χ0v) is 10.0. The molecule has 3 rings (SSSR count). The van der Waals surface area contributed by atoms with E-state index in [-0.39, 0.29) is 11.1 Å². The second-order valence-electron chi connectivity index (χ2n) is 4.07. The molecule has 0 radical (unpaired) electrons. The fourth-order valence-corrected chi connectivity index (χ4v) is 2.22. The average Bonchev–Trinajstić information content (AvgIpc) is 2.77. The van der Waals surface area contributed by atoms with Gasteiger partial charge in [0.05, 0.1) is 11.8 Å². The zero-order chi connectivity index (χ0) is 12.7. The van der Waals surface area contributed by atoms with Gasteiger partial charge in [0, 0.05) is 29.9 Å². The zero-order valence-electron chi connectivity index (χ0n) is 9.26. The third-order valence-electron chi connectivity index (χ3n) is 2.92. The summed E-state index contributed by atoms with van der Waals surface area (Å²) in [7, 11) is 0. The Morgan fingerprint density at radius 2 is 2.17 bits per heavy atom. The smallest absolute Gasteiger partial charge is 0.253 e. The molecule has 0 saturated heterocycles. The molecular weight excluding hydrogens is 257 g/mol. The van der Waals surface area contributed by atoms with Crippen LogP contribution in [0.3, 0.4) is 0 Å². The minimum absolute atomic E-state index is 0.140. The topological polar surface area (TPSA) is 57.8 Å². The first-order valence-corrected chi connectivity index (χ1v) is 5.84. The predicted molar refractivity (Wildman–Crippen MR) is 65.0 cm³/mol. The average molecular weight is 266 g/mol. The lowest BCUT2D eigenvalue weighted by atomic mass is 10.1. The van der Waals surface area contributed by atoms with Crippen LogP contribution >= 0.6 is 11.6 Å². The molecule has 2 aromatic rings. The van der Waals surface area contributed by atoms with E-state index in [2.05, 4.69) is 15.3 Å². The molecule has 1 amide bonds. The molecule has 0 saturated carbocycles. The molecule has 18 heavy (non-hydrogen) atoms. The summed E-state index contributed by atoms with van der Waals surface area (Å²) in [5.41, 5.74) is 2.24. The fourth-order valence-electron chi connectivity index (χ4n) is 2.06. The molecule has 0 fully saturated rings. The van der Waals surface area contributed by atoms with Gasteiger partial charge >= 0.3 is 0 Å². The fraction of sp³-hybridized carbons (Fsp3) is 0.167. The molecule has 1 aliphatic heterocycles. The van der Waals surface area contributed by atoms with Crippen LogP contribution < -0.4 is 5.32 Å². The molecule has 0 unspecified atom stereocenters. The van der Waals surface area contributed by atoms with Crippen LogP contribution in [0, 0.1) is 5.82 Å². The summed E-state index contributed by atoms with van der Waals surface area (Å²) in [6.45, 7) is 0.589. The Kier molecular flexibility index (Phi) is 2.56. The number of hydrogen-bond donors (Lipinski definition) is 2. The monoisotopic (exact) mass is 265 g/mol. The van der Waals surface area contributed by atoms with Crippen LogP contribution in [0.5, 0.6) is 0 Å². The number of carbonyl (C=O) groups excluding carboxylic acids is 1. The van der Waals surface area contributed by atoms with E-state index < -0.39 is 5.82 Å². The van der Waals surface area contributed by atoms with Crippen molar-refractivity contribution in [3.05, 3.63) is 40.6 Å². The molecule has 0 aliphatic carbocycles. The van der Waals surface area contributed by atoms with Gasteiger partial charge < -0.3 is 10.3 Å². The maximum Gasteiger partial charge on any atom is 0.253 e. The van der Waals surface area contributed by atoms with E-state index in [0.717, 1.165) is 11.9 Å². The first-order valence-electron chi connectivity index (χ1n) is 5.46. The summed E-state index contributed by atoms with van der Waals surface area (Å²) in [5, 5.41) is 2.95. The minimum Gasteiger partial charge on any atom is -0.358 e. The third kappa shape index (κ3) is 1.76. The van der Waals surface area contributed by atoms with Gasteiger partial charge in [0.15, 0.2) is 5.82 Å². The van der Waals surface area contributed by atoms with Crippen LogP contribution in [0.4, 0.5) is 4.39 Å². The van der Waals surface area contributed by atoms with Gasteiger partial charge in [-0.1, -0.05) is 11.6 Å². The van der Waals surface area contributed by atoms with Crippen molar-refractivity contribution in [2.75, 3.05) is 6.54 Å². The van der Waals surface area contributed by atoms with Crippen molar-refractivity contribution in [3.63, 3.8) is 0 Å². The quantitative estimate of drug-likeness (QED) is 0.777. The van der Waals surface area contributed by atoms with Crippen molar-refractivity contribution >= 4 is 17.5 Å². The minimum atomic E-state index is -0.474. The molecule has 92 valence electrons. The van der Waals surface area contributed by atoms with Gasteiger partial charge in [-0.15, -0.1) is 0 Å². The van der Waals surface area contributed by atoms with Gasteiger partial charge in [-0.3, -0.25) is 4.79 Å². The van der Waals surface area contributed by atoms with Gasteiger partial charge in [-0.2, -0.15) is 0 Å².